The van der Waals surface area contributed by atoms with E-state index in [1.54, 1.807) is 44.2 Å². The molecule has 1 unspecified atom stereocenters. The van der Waals surface area contributed by atoms with E-state index < -0.39 is 28.8 Å². The van der Waals surface area contributed by atoms with E-state index in [0.29, 0.717) is 28.5 Å². The van der Waals surface area contributed by atoms with Crippen LogP contribution in [0.4, 0.5) is 10.8 Å². The molecule has 0 radical (unpaired) electrons. The average Bonchev–Trinajstić information content (AvgIpc) is 3.48. The molecule has 9 nitrogen and oxygen atoms in total. The third-order valence-electron chi connectivity index (χ3n) is 6.75. The lowest BCUT2D eigenvalue weighted by molar-refractivity contribution is -0.121. The van der Waals surface area contributed by atoms with Crippen LogP contribution in [0.15, 0.2) is 51.7 Å². The van der Waals surface area contributed by atoms with E-state index in [0.717, 1.165) is 11.3 Å². The van der Waals surface area contributed by atoms with Crippen molar-refractivity contribution in [1.82, 2.24) is 4.98 Å². The summed E-state index contributed by atoms with van der Waals surface area (Å²) in [5, 5.41) is 0.518. The first-order valence-corrected chi connectivity index (χ1v) is 12.5. The molecule has 37 heavy (non-hydrogen) atoms. The standard InChI is InChI=1S/C26H18ClN3O6S/c1-4-29-16-8-6-5-7-15(16)26(24(29)34)18-19(31)14-11-13(27)9-10-17(14)36-20(18)22(32)30(26)25-28-12(2)21(37-25)23(33)35-3/h5-11H,4H2,1-3H3. The maximum Gasteiger partial charge on any atom is 0.350 e. The summed E-state index contributed by atoms with van der Waals surface area (Å²) in [5.41, 5.74) is -1.04. The van der Waals surface area contributed by atoms with Crippen molar-refractivity contribution in [3.05, 3.63) is 85.2 Å². The first-order chi connectivity index (χ1) is 17.7. The van der Waals surface area contributed by atoms with Gasteiger partial charge in [0.1, 0.15) is 10.5 Å². The molecule has 0 bridgehead atoms. The number of carbonyl (C=O) groups is 3. The number of hydrogen-bond donors (Lipinski definition) is 0. The second-order valence-corrected chi connectivity index (χ2v) is 10.0. The third kappa shape index (κ3) is 2.88. The van der Waals surface area contributed by atoms with Crippen molar-refractivity contribution in [3.8, 4) is 0 Å². The molecule has 2 aliphatic rings. The summed E-state index contributed by atoms with van der Waals surface area (Å²) in [4.78, 5) is 62.2. The molecule has 186 valence electrons. The molecule has 4 aromatic rings. The van der Waals surface area contributed by atoms with Gasteiger partial charge in [-0.05, 0) is 38.1 Å². The zero-order valence-corrected chi connectivity index (χ0v) is 21.4. The number of fused-ring (bicyclic) bond motifs is 5. The zero-order chi connectivity index (χ0) is 26.2. The van der Waals surface area contributed by atoms with Gasteiger partial charge in [-0.25, -0.2) is 9.78 Å². The van der Waals surface area contributed by atoms with Gasteiger partial charge in [0.15, 0.2) is 16.1 Å². The van der Waals surface area contributed by atoms with Gasteiger partial charge in [-0.2, -0.15) is 0 Å². The molecule has 1 spiro atoms. The zero-order valence-electron chi connectivity index (χ0n) is 19.8. The minimum Gasteiger partial charge on any atom is -0.465 e. The molecule has 2 aromatic heterocycles. The average molecular weight is 536 g/mol. The second-order valence-electron chi connectivity index (χ2n) is 8.60. The highest BCUT2D eigenvalue weighted by molar-refractivity contribution is 7.17. The van der Waals surface area contributed by atoms with E-state index in [1.807, 2.05) is 0 Å². The Labute approximate surface area is 218 Å². The van der Waals surface area contributed by atoms with Crippen molar-refractivity contribution in [2.24, 2.45) is 0 Å². The van der Waals surface area contributed by atoms with Crippen LogP contribution >= 0.6 is 22.9 Å². The van der Waals surface area contributed by atoms with Crippen LogP contribution in [0.2, 0.25) is 5.02 Å². The predicted octanol–water partition coefficient (Wildman–Crippen LogP) is 4.27. The Bertz CT molecular complexity index is 1740. The van der Waals surface area contributed by atoms with E-state index in [9.17, 15) is 19.2 Å². The van der Waals surface area contributed by atoms with Gasteiger partial charge < -0.3 is 14.1 Å². The molecule has 1 atom stereocenters. The number of likely N-dealkylation sites (N-methyl/N-ethyl adjacent to an activating group) is 1. The SMILES string of the molecule is CCN1C(=O)C2(c3ccccc31)c1c(oc3ccc(Cl)cc3c1=O)C(=O)N2c1nc(C)c(C(=O)OC)s1. The maximum absolute atomic E-state index is 14.4. The first kappa shape index (κ1) is 23.4. The Morgan fingerprint density at radius 3 is 2.68 bits per heavy atom. The summed E-state index contributed by atoms with van der Waals surface area (Å²) in [5.74, 6) is -2.09. The fourth-order valence-electron chi connectivity index (χ4n) is 5.21. The van der Waals surface area contributed by atoms with Gasteiger partial charge in [-0.1, -0.05) is 41.1 Å². The van der Waals surface area contributed by atoms with Gasteiger partial charge in [0, 0.05) is 17.1 Å². The van der Waals surface area contributed by atoms with Gasteiger partial charge in [0.25, 0.3) is 11.8 Å². The Morgan fingerprint density at radius 1 is 1.19 bits per heavy atom. The summed E-state index contributed by atoms with van der Waals surface area (Å²) in [6, 6.07) is 11.5. The van der Waals surface area contributed by atoms with E-state index in [1.165, 1.54) is 29.0 Å². The van der Waals surface area contributed by atoms with Crippen LogP contribution in [-0.2, 0) is 15.1 Å². The number of carbonyl (C=O) groups excluding carboxylic acids is 3. The molecular formula is C26H18ClN3O6S. The van der Waals surface area contributed by atoms with Crippen LogP contribution < -0.4 is 15.2 Å². The Hall–Kier alpha value is -4.02. The normalized spacial score (nSPS) is 18.2. The van der Waals surface area contributed by atoms with Crippen molar-refractivity contribution >= 4 is 62.5 Å². The van der Waals surface area contributed by atoms with Crippen LogP contribution in [0, 0.1) is 6.92 Å². The number of nitrogens with zero attached hydrogens (tertiary/aromatic N) is 3. The number of methoxy groups -OCH3 is 1. The second kappa shape index (κ2) is 7.99. The molecule has 0 saturated heterocycles. The number of para-hydroxylation sites is 1. The lowest BCUT2D eigenvalue weighted by atomic mass is 9.84. The summed E-state index contributed by atoms with van der Waals surface area (Å²) in [6.07, 6.45) is 0. The number of ether oxygens (including phenoxy) is 1. The van der Waals surface area contributed by atoms with Gasteiger partial charge in [0.2, 0.25) is 5.76 Å². The van der Waals surface area contributed by atoms with Gasteiger partial charge in [-0.3, -0.25) is 19.3 Å². The molecule has 0 fully saturated rings. The number of anilines is 2. The predicted molar refractivity (Wildman–Crippen MR) is 138 cm³/mol. The van der Waals surface area contributed by atoms with Crippen molar-refractivity contribution in [1.29, 1.82) is 0 Å². The summed E-state index contributed by atoms with van der Waals surface area (Å²) in [6.45, 7) is 3.71. The molecule has 2 aromatic carbocycles. The summed E-state index contributed by atoms with van der Waals surface area (Å²) in [7, 11) is 1.24. The van der Waals surface area contributed by atoms with Gasteiger partial charge in [-0.15, -0.1) is 0 Å². The Balaban J connectivity index is 1.76. The third-order valence-corrected chi connectivity index (χ3v) is 8.11. The number of amides is 2. The molecule has 2 aliphatic heterocycles. The minimum atomic E-state index is -1.88. The number of thiazole rings is 1. The van der Waals surface area contributed by atoms with E-state index in [-0.39, 0.29) is 32.3 Å². The molecule has 0 saturated carbocycles. The molecular weight excluding hydrogens is 518 g/mol. The van der Waals surface area contributed by atoms with E-state index in [2.05, 4.69) is 4.98 Å². The smallest absolute Gasteiger partial charge is 0.350 e. The first-order valence-electron chi connectivity index (χ1n) is 11.3. The van der Waals surface area contributed by atoms with Crippen LogP contribution in [-0.4, -0.2) is 36.4 Å². The summed E-state index contributed by atoms with van der Waals surface area (Å²) < 4.78 is 10.9. The van der Waals surface area contributed by atoms with Gasteiger partial charge >= 0.3 is 5.97 Å². The highest BCUT2D eigenvalue weighted by atomic mass is 35.5. The van der Waals surface area contributed by atoms with Crippen molar-refractivity contribution in [2.45, 2.75) is 19.4 Å². The monoisotopic (exact) mass is 535 g/mol. The number of hydrogen-bond acceptors (Lipinski definition) is 8. The lowest BCUT2D eigenvalue weighted by Gasteiger charge is -2.32. The minimum absolute atomic E-state index is 0.0666. The van der Waals surface area contributed by atoms with Crippen LogP contribution in [0.1, 0.15) is 44.0 Å². The highest BCUT2D eigenvalue weighted by Crippen LogP contribution is 2.54. The molecule has 0 aliphatic carbocycles. The highest BCUT2D eigenvalue weighted by Gasteiger charge is 2.66. The van der Waals surface area contributed by atoms with Crippen LogP contribution in [0.3, 0.4) is 0 Å². The largest absolute Gasteiger partial charge is 0.465 e. The van der Waals surface area contributed by atoms with E-state index in [4.69, 9.17) is 20.8 Å². The maximum atomic E-state index is 14.4. The molecule has 11 heteroatoms. The van der Waals surface area contributed by atoms with Crippen LogP contribution in [0.25, 0.3) is 11.0 Å². The molecule has 0 N–H and O–H groups in total. The van der Waals surface area contributed by atoms with Crippen molar-refractivity contribution < 1.29 is 23.5 Å². The van der Waals surface area contributed by atoms with Gasteiger partial charge in [0.05, 0.1) is 29.4 Å². The Morgan fingerprint density at radius 2 is 1.95 bits per heavy atom. The quantitative estimate of drug-likeness (QED) is 0.360. The number of halogens is 1. The fourth-order valence-corrected chi connectivity index (χ4v) is 6.42. The number of rotatable bonds is 3. The number of aryl methyl sites for hydroxylation is 1. The number of esters is 1. The number of benzene rings is 2. The van der Waals surface area contributed by atoms with Crippen molar-refractivity contribution in [2.75, 3.05) is 23.5 Å². The van der Waals surface area contributed by atoms with Crippen LogP contribution in [0.5, 0.6) is 0 Å². The molecule has 6 rings (SSSR count). The fraction of sp³-hybridized carbons (Fsp3) is 0.192. The molecule has 2 amide bonds. The van der Waals surface area contributed by atoms with Crippen molar-refractivity contribution in [3.63, 3.8) is 0 Å². The lowest BCUT2D eigenvalue weighted by Crippen LogP contribution is -2.53. The summed E-state index contributed by atoms with van der Waals surface area (Å²) >= 11 is 7.09. The number of aromatic nitrogens is 1. The molecule has 4 heterocycles. The Kier molecular flexibility index (Phi) is 5.05. The topological polar surface area (TPSA) is 110 Å². The van der Waals surface area contributed by atoms with E-state index >= 15 is 0 Å².